The van der Waals surface area contributed by atoms with Crippen LogP contribution in [-0.4, -0.2) is 45.9 Å². The molecular weight excluding hydrogens is 437 g/mol. The average Bonchev–Trinajstić information content (AvgIpc) is 3.25. The number of anilines is 1. The van der Waals surface area contributed by atoms with Crippen LogP contribution in [0.1, 0.15) is 46.8 Å². The van der Waals surface area contributed by atoms with Crippen LogP contribution in [0.2, 0.25) is 0 Å². The van der Waals surface area contributed by atoms with Crippen LogP contribution in [0.15, 0.2) is 28.6 Å². The highest BCUT2D eigenvalue weighted by atomic mass is 32.1. The summed E-state index contributed by atoms with van der Waals surface area (Å²) in [7, 11) is 1.42. The van der Waals surface area contributed by atoms with Gasteiger partial charge in [-0.05, 0) is 25.3 Å². The van der Waals surface area contributed by atoms with Gasteiger partial charge in [0.25, 0.3) is 0 Å². The maximum atomic E-state index is 15.4. The molecule has 0 bridgehead atoms. The van der Waals surface area contributed by atoms with Crippen molar-refractivity contribution >= 4 is 33.9 Å². The molecule has 1 saturated carbocycles. The molecule has 8 nitrogen and oxygen atoms in total. The topological polar surface area (TPSA) is 105 Å². The Kier molecular flexibility index (Phi) is 5.13. The molecule has 1 saturated heterocycles. The summed E-state index contributed by atoms with van der Waals surface area (Å²) >= 11 is 1.38. The van der Waals surface area contributed by atoms with Gasteiger partial charge in [0.05, 0.1) is 18.0 Å². The lowest BCUT2D eigenvalue weighted by Gasteiger charge is -2.25. The maximum absolute atomic E-state index is 15.4. The van der Waals surface area contributed by atoms with Gasteiger partial charge in [-0.3, -0.25) is 4.79 Å². The number of aromatic nitrogens is 2. The number of carboxylic acid groups (broad SMARTS) is 1. The second-order valence-corrected chi connectivity index (χ2v) is 9.19. The second-order valence-electron chi connectivity index (χ2n) is 8.26. The van der Waals surface area contributed by atoms with Crippen LogP contribution in [0, 0.1) is 11.7 Å². The number of carboxylic acids is 1. The summed E-state index contributed by atoms with van der Waals surface area (Å²) in [6, 6.07) is 1.16. The minimum atomic E-state index is -1.34. The summed E-state index contributed by atoms with van der Waals surface area (Å²) in [5, 5.41) is 22.6. The molecule has 1 aromatic carbocycles. The largest absolute Gasteiger partial charge is 0.492 e. The number of thiazole rings is 1. The number of methoxy groups -OCH3 is 1. The van der Waals surface area contributed by atoms with E-state index in [1.165, 1.54) is 24.6 Å². The fraction of sp³-hybridized carbons (Fsp3) is 0.409. The number of pyridine rings is 1. The number of aromatic carboxylic acids is 1. The molecular formula is C22H22FN3O5S. The third kappa shape index (κ3) is 3.34. The highest BCUT2D eigenvalue weighted by Crippen LogP contribution is 2.45. The lowest BCUT2D eigenvalue weighted by molar-refractivity contribution is 0.0694. The van der Waals surface area contributed by atoms with Crippen LogP contribution in [0.25, 0.3) is 10.9 Å². The Hall–Kier alpha value is -2.98. The number of hydrogen-bond donors (Lipinski definition) is 2. The first-order valence-electron chi connectivity index (χ1n) is 10.4. The molecule has 2 atom stereocenters. The van der Waals surface area contributed by atoms with E-state index in [4.69, 9.17) is 4.74 Å². The van der Waals surface area contributed by atoms with Gasteiger partial charge in [-0.2, -0.15) is 0 Å². The molecule has 0 radical (unpaired) electrons. The summed E-state index contributed by atoms with van der Waals surface area (Å²) in [4.78, 5) is 30.4. The molecule has 0 spiro atoms. The van der Waals surface area contributed by atoms with Crippen LogP contribution in [0.3, 0.4) is 0 Å². The maximum Gasteiger partial charge on any atom is 0.341 e. The Labute approximate surface area is 186 Å². The number of nitrogens with zero attached hydrogens (tertiary/aromatic N) is 3. The predicted molar refractivity (Wildman–Crippen MR) is 117 cm³/mol. The minimum Gasteiger partial charge on any atom is -0.492 e. The van der Waals surface area contributed by atoms with E-state index >= 15 is 4.39 Å². The van der Waals surface area contributed by atoms with Crippen LogP contribution in [0.4, 0.5) is 10.1 Å². The highest BCUT2D eigenvalue weighted by Gasteiger charge is 2.35. The number of hydrogen-bond acceptors (Lipinski definition) is 7. The van der Waals surface area contributed by atoms with Crippen molar-refractivity contribution in [1.82, 2.24) is 9.55 Å². The zero-order valence-electron chi connectivity index (χ0n) is 17.3. The number of ether oxygens (including phenoxy) is 1. The van der Waals surface area contributed by atoms with Gasteiger partial charge < -0.3 is 24.4 Å². The molecule has 32 heavy (non-hydrogen) atoms. The predicted octanol–water partition coefficient (Wildman–Crippen LogP) is 3.20. The Morgan fingerprint density at radius 1 is 1.38 bits per heavy atom. The van der Waals surface area contributed by atoms with Gasteiger partial charge in [-0.15, -0.1) is 11.3 Å². The van der Waals surface area contributed by atoms with Crippen molar-refractivity contribution in [2.45, 2.75) is 31.4 Å². The van der Waals surface area contributed by atoms with Gasteiger partial charge in [-0.1, -0.05) is 0 Å². The van der Waals surface area contributed by atoms with Crippen molar-refractivity contribution in [1.29, 1.82) is 0 Å². The molecule has 2 N–H and O–H groups in total. The van der Waals surface area contributed by atoms with Crippen LogP contribution in [-0.2, 0) is 0 Å². The van der Waals surface area contributed by atoms with Crippen molar-refractivity contribution < 1.29 is 24.1 Å². The van der Waals surface area contributed by atoms with Crippen molar-refractivity contribution in [3.05, 3.63) is 50.5 Å². The molecule has 3 heterocycles. The fourth-order valence-corrected chi connectivity index (χ4v) is 5.27. The van der Waals surface area contributed by atoms with Gasteiger partial charge in [0, 0.05) is 42.8 Å². The van der Waals surface area contributed by atoms with Gasteiger partial charge in [-0.25, -0.2) is 14.2 Å². The molecule has 5 rings (SSSR count). The molecule has 1 aliphatic heterocycles. The SMILES string of the molecule is COc1c(N2CCC(C(O)c3nccs3)C2)c(F)cc2c(=O)c(C(=O)O)cn(C3CC3)c12. The molecule has 2 fully saturated rings. The van der Waals surface area contributed by atoms with E-state index in [9.17, 15) is 19.8 Å². The number of aliphatic hydroxyl groups is 1. The number of halogens is 1. The van der Waals surface area contributed by atoms with Crippen LogP contribution < -0.4 is 15.1 Å². The number of carbonyl (C=O) groups is 1. The molecule has 1 aliphatic carbocycles. The summed E-state index contributed by atoms with van der Waals surface area (Å²) in [6.07, 6.45) is 4.59. The van der Waals surface area contributed by atoms with Gasteiger partial charge in [0.2, 0.25) is 5.43 Å². The fourth-order valence-electron chi connectivity index (χ4n) is 4.55. The average molecular weight is 459 g/mol. The number of fused-ring (bicyclic) bond motifs is 1. The van der Waals surface area contributed by atoms with Gasteiger partial charge in [0.1, 0.15) is 22.4 Å². The van der Waals surface area contributed by atoms with E-state index in [-0.39, 0.29) is 34.3 Å². The standard InChI is InChI=1S/C22H22FN3O5S/c1-31-20-16-13(19(28)14(22(29)30)10-26(16)12-2-3-12)8-15(23)17(20)25-6-4-11(9-25)18(27)21-24-5-7-32-21/h5,7-8,10-12,18,27H,2-4,6,9H2,1H3,(H,29,30). The van der Waals surface area contributed by atoms with E-state index in [2.05, 4.69) is 4.98 Å². The van der Waals surface area contributed by atoms with E-state index in [1.54, 1.807) is 16.1 Å². The van der Waals surface area contributed by atoms with Gasteiger partial charge in [0.15, 0.2) is 11.6 Å². The summed E-state index contributed by atoms with van der Waals surface area (Å²) < 4.78 is 22.8. The second kappa shape index (κ2) is 7.86. The summed E-state index contributed by atoms with van der Waals surface area (Å²) in [5.74, 6) is -1.90. The smallest absolute Gasteiger partial charge is 0.341 e. The van der Waals surface area contributed by atoms with E-state index in [0.29, 0.717) is 30.0 Å². The number of aliphatic hydroxyl groups excluding tert-OH is 1. The van der Waals surface area contributed by atoms with Crippen molar-refractivity contribution in [3.8, 4) is 5.75 Å². The van der Waals surface area contributed by atoms with Gasteiger partial charge >= 0.3 is 5.97 Å². The third-order valence-electron chi connectivity index (χ3n) is 6.26. The summed E-state index contributed by atoms with van der Waals surface area (Å²) in [6.45, 7) is 0.910. The van der Waals surface area contributed by atoms with Crippen LogP contribution in [0.5, 0.6) is 5.75 Å². The molecule has 0 amide bonds. The number of benzene rings is 1. The van der Waals surface area contributed by atoms with Crippen molar-refractivity contribution in [2.24, 2.45) is 5.92 Å². The molecule has 2 aliphatic rings. The van der Waals surface area contributed by atoms with Crippen LogP contribution >= 0.6 is 11.3 Å². The van der Waals surface area contributed by atoms with Crippen molar-refractivity contribution in [3.63, 3.8) is 0 Å². The first kappa shape index (κ1) is 20.9. The molecule has 2 unspecified atom stereocenters. The first-order valence-corrected chi connectivity index (χ1v) is 11.3. The quantitative estimate of drug-likeness (QED) is 0.583. The Balaban J connectivity index is 1.62. The number of rotatable bonds is 6. The minimum absolute atomic E-state index is 0.00605. The third-order valence-corrected chi connectivity index (χ3v) is 7.11. The van der Waals surface area contributed by atoms with E-state index < -0.39 is 23.3 Å². The van der Waals surface area contributed by atoms with Crippen molar-refractivity contribution in [2.75, 3.05) is 25.1 Å². The Morgan fingerprint density at radius 2 is 2.16 bits per heavy atom. The lowest BCUT2D eigenvalue weighted by atomic mass is 10.0. The normalized spacial score (nSPS) is 19.5. The van der Waals surface area contributed by atoms with E-state index in [1.807, 2.05) is 4.90 Å². The molecule has 10 heteroatoms. The first-order chi connectivity index (χ1) is 15.4. The Morgan fingerprint density at radius 3 is 2.78 bits per heavy atom. The lowest BCUT2D eigenvalue weighted by Crippen LogP contribution is -2.25. The highest BCUT2D eigenvalue weighted by molar-refractivity contribution is 7.09. The zero-order valence-corrected chi connectivity index (χ0v) is 18.1. The van der Waals surface area contributed by atoms with E-state index in [0.717, 1.165) is 18.9 Å². The monoisotopic (exact) mass is 459 g/mol. The Bertz CT molecular complexity index is 1250. The molecule has 2 aromatic heterocycles. The molecule has 3 aromatic rings. The molecule has 168 valence electrons. The zero-order chi connectivity index (χ0) is 22.6. The summed E-state index contributed by atoms with van der Waals surface area (Å²) in [5.41, 5.74) is -0.478.